The number of aryl methyl sites for hydroxylation is 3. The molecule has 0 saturated heterocycles. The molecule has 1 N–H and O–H groups in total. The molecule has 2 aromatic carbocycles. The largest absolute Gasteiger partial charge is 0.492 e. The molecular formula is C21H25N3O3. The molecule has 3 rings (SSSR count). The third-order valence-electron chi connectivity index (χ3n) is 4.52. The fourth-order valence-corrected chi connectivity index (χ4v) is 3.09. The number of amides is 1. The minimum Gasteiger partial charge on any atom is -0.492 e. The Labute approximate surface area is 158 Å². The summed E-state index contributed by atoms with van der Waals surface area (Å²) in [7, 11) is 0. The van der Waals surface area contributed by atoms with Crippen molar-refractivity contribution in [2.75, 3.05) is 13.2 Å². The van der Waals surface area contributed by atoms with Crippen LogP contribution >= 0.6 is 0 Å². The van der Waals surface area contributed by atoms with Crippen molar-refractivity contribution in [2.24, 2.45) is 0 Å². The van der Waals surface area contributed by atoms with Crippen molar-refractivity contribution >= 4 is 16.9 Å². The summed E-state index contributed by atoms with van der Waals surface area (Å²) in [5.74, 6) is 0.691. The number of ether oxygens (including phenoxy) is 1. The van der Waals surface area contributed by atoms with Gasteiger partial charge in [0.1, 0.15) is 12.4 Å². The van der Waals surface area contributed by atoms with Gasteiger partial charge in [0.15, 0.2) is 0 Å². The van der Waals surface area contributed by atoms with Gasteiger partial charge in [0.25, 0.3) is 0 Å². The van der Waals surface area contributed by atoms with E-state index in [0.29, 0.717) is 26.2 Å². The number of imidazole rings is 1. The Bertz CT molecular complexity index is 970. The van der Waals surface area contributed by atoms with Crippen LogP contribution in [0.1, 0.15) is 18.9 Å². The molecule has 1 amide bonds. The van der Waals surface area contributed by atoms with E-state index in [-0.39, 0.29) is 18.0 Å². The Morgan fingerprint density at radius 2 is 1.70 bits per heavy atom. The average Bonchev–Trinajstić information content (AvgIpc) is 2.95. The van der Waals surface area contributed by atoms with Gasteiger partial charge in [-0.05, 0) is 38.1 Å². The number of carbonyl (C=O) groups is 1. The van der Waals surface area contributed by atoms with Crippen molar-refractivity contribution in [3.63, 3.8) is 0 Å². The summed E-state index contributed by atoms with van der Waals surface area (Å²) in [6.07, 6.45) is 0.252. The molecule has 0 spiro atoms. The standard InChI is InChI=1S/C21H25N3O3/c1-3-23-18-6-4-5-7-19(18)24(21(23)26)14-12-20(25)22-13-15-27-17-10-8-16(2)9-11-17/h4-11H,3,12-15H2,1-2H3,(H,22,25). The zero-order valence-electron chi connectivity index (χ0n) is 15.8. The lowest BCUT2D eigenvalue weighted by Crippen LogP contribution is -2.30. The maximum Gasteiger partial charge on any atom is 0.329 e. The molecule has 0 atom stereocenters. The van der Waals surface area contributed by atoms with E-state index in [1.54, 1.807) is 9.13 Å². The van der Waals surface area contributed by atoms with Gasteiger partial charge < -0.3 is 10.1 Å². The van der Waals surface area contributed by atoms with Crippen LogP contribution in [0.5, 0.6) is 5.75 Å². The molecule has 0 radical (unpaired) electrons. The molecule has 1 heterocycles. The maximum absolute atomic E-state index is 12.5. The van der Waals surface area contributed by atoms with Gasteiger partial charge in [0.2, 0.25) is 5.91 Å². The van der Waals surface area contributed by atoms with Gasteiger partial charge in [-0.3, -0.25) is 13.9 Å². The van der Waals surface area contributed by atoms with E-state index in [9.17, 15) is 9.59 Å². The number of fused-ring (bicyclic) bond motifs is 1. The van der Waals surface area contributed by atoms with Crippen molar-refractivity contribution in [2.45, 2.75) is 33.4 Å². The van der Waals surface area contributed by atoms with Gasteiger partial charge in [-0.25, -0.2) is 4.79 Å². The quantitative estimate of drug-likeness (QED) is 0.623. The van der Waals surface area contributed by atoms with E-state index >= 15 is 0 Å². The molecule has 6 heteroatoms. The number of benzene rings is 2. The first kappa shape index (κ1) is 18.8. The molecule has 0 fully saturated rings. The van der Waals surface area contributed by atoms with Crippen LogP contribution in [0, 0.1) is 6.92 Å². The Balaban J connectivity index is 1.51. The summed E-state index contributed by atoms with van der Waals surface area (Å²) in [5.41, 5.74) is 2.86. The number of hydrogen-bond donors (Lipinski definition) is 1. The van der Waals surface area contributed by atoms with Gasteiger partial charge in [0.05, 0.1) is 17.6 Å². The topological polar surface area (TPSA) is 65.3 Å². The predicted molar refractivity (Wildman–Crippen MR) is 106 cm³/mol. The molecule has 0 aliphatic carbocycles. The van der Waals surface area contributed by atoms with Crippen LogP contribution in [-0.2, 0) is 17.9 Å². The molecular weight excluding hydrogens is 342 g/mol. The summed E-state index contributed by atoms with van der Waals surface area (Å²) in [5, 5.41) is 2.84. The van der Waals surface area contributed by atoms with E-state index < -0.39 is 0 Å². The second-order valence-corrected chi connectivity index (χ2v) is 6.43. The molecule has 0 saturated carbocycles. The first-order chi connectivity index (χ1) is 13.1. The van der Waals surface area contributed by atoms with E-state index in [4.69, 9.17) is 4.74 Å². The van der Waals surface area contributed by atoms with E-state index in [0.717, 1.165) is 16.8 Å². The highest BCUT2D eigenvalue weighted by Crippen LogP contribution is 2.13. The van der Waals surface area contributed by atoms with Crippen LogP contribution < -0.4 is 15.7 Å². The smallest absolute Gasteiger partial charge is 0.329 e. The maximum atomic E-state index is 12.5. The van der Waals surface area contributed by atoms with E-state index in [1.807, 2.05) is 62.4 Å². The lowest BCUT2D eigenvalue weighted by atomic mass is 10.2. The van der Waals surface area contributed by atoms with Crippen LogP contribution in [0.25, 0.3) is 11.0 Å². The lowest BCUT2D eigenvalue weighted by Gasteiger charge is -2.08. The van der Waals surface area contributed by atoms with Gasteiger partial charge in [-0.2, -0.15) is 0 Å². The number of rotatable bonds is 8. The highest BCUT2D eigenvalue weighted by Gasteiger charge is 2.12. The van der Waals surface area contributed by atoms with Crippen LogP contribution in [0.15, 0.2) is 53.3 Å². The van der Waals surface area contributed by atoms with Crippen LogP contribution in [-0.4, -0.2) is 28.2 Å². The summed E-state index contributed by atoms with van der Waals surface area (Å²) in [4.78, 5) is 24.7. The van der Waals surface area contributed by atoms with E-state index in [2.05, 4.69) is 5.32 Å². The molecule has 142 valence electrons. The average molecular weight is 367 g/mol. The molecule has 6 nitrogen and oxygen atoms in total. The van der Waals surface area contributed by atoms with E-state index in [1.165, 1.54) is 5.56 Å². The van der Waals surface area contributed by atoms with Crippen molar-refractivity contribution < 1.29 is 9.53 Å². The monoisotopic (exact) mass is 367 g/mol. The minimum atomic E-state index is -0.0947. The van der Waals surface area contributed by atoms with Gasteiger partial charge in [-0.15, -0.1) is 0 Å². The highest BCUT2D eigenvalue weighted by atomic mass is 16.5. The molecule has 0 aliphatic heterocycles. The van der Waals surface area contributed by atoms with Crippen LogP contribution in [0.4, 0.5) is 0 Å². The summed E-state index contributed by atoms with van der Waals surface area (Å²) in [6, 6.07) is 15.5. The Hall–Kier alpha value is -3.02. The normalized spacial score (nSPS) is 10.9. The van der Waals surface area contributed by atoms with Crippen molar-refractivity contribution in [1.29, 1.82) is 0 Å². The first-order valence-corrected chi connectivity index (χ1v) is 9.24. The Kier molecular flexibility index (Phi) is 5.96. The number of aromatic nitrogens is 2. The molecule has 0 aliphatic rings. The number of hydrogen-bond acceptors (Lipinski definition) is 3. The third-order valence-corrected chi connectivity index (χ3v) is 4.52. The minimum absolute atomic E-state index is 0.0748. The number of nitrogens with zero attached hydrogens (tertiary/aromatic N) is 2. The highest BCUT2D eigenvalue weighted by molar-refractivity contribution is 5.78. The molecule has 27 heavy (non-hydrogen) atoms. The lowest BCUT2D eigenvalue weighted by molar-refractivity contribution is -0.121. The zero-order valence-corrected chi connectivity index (χ0v) is 15.8. The molecule has 0 bridgehead atoms. The predicted octanol–water partition coefficient (Wildman–Crippen LogP) is 2.72. The van der Waals surface area contributed by atoms with Crippen molar-refractivity contribution in [3.05, 3.63) is 64.6 Å². The Morgan fingerprint density at radius 1 is 1.04 bits per heavy atom. The fraction of sp³-hybridized carbons (Fsp3) is 0.333. The van der Waals surface area contributed by atoms with Gasteiger partial charge >= 0.3 is 5.69 Å². The number of para-hydroxylation sites is 2. The molecule has 1 aromatic heterocycles. The van der Waals surface area contributed by atoms with Crippen molar-refractivity contribution in [1.82, 2.24) is 14.5 Å². The Morgan fingerprint density at radius 3 is 2.37 bits per heavy atom. The summed E-state index contributed by atoms with van der Waals surface area (Å²) >= 11 is 0. The molecule has 0 unspecified atom stereocenters. The van der Waals surface area contributed by atoms with Crippen molar-refractivity contribution in [3.8, 4) is 5.75 Å². The van der Waals surface area contributed by atoms with Gasteiger partial charge in [0, 0.05) is 19.5 Å². The van der Waals surface area contributed by atoms with Crippen LogP contribution in [0.3, 0.4) is 0 Å². The fourth-order valence-electron chi connectivity index (χ4n) is 3.09. The van der Waals surface area contributed by atoms with Crippen LogP contribution in [0.2, 0.25) is 0 Å². The second kappa shape index (κ2) is 8.58. The SMILES string of the molecule is CCn1c(=O)n(CCC(=O)NCCOc2ccc(C)cc2)c2ccccc21. The molecule has 3 aromatic rings. The third kappa shape index (κ3) is 4.39. The number of carbonyl (C=O) groups excluding carboxylic acids is 1. The first-order valence-electron chi connectivity index (χ1n) is 9.24. The zero-order chi connectivity index (χ0) is 19.2. The summed E-state index contributed by atoms with van der Waals surface area (Å²) in [6.45, 7) is 5.76. The number of nitrogens with one attached hydrogen (secondary N) is 1. The summed E-state index contributed by atoms with van der Waals surface area (Å²) < 4.78 is 8.99. The second-order valence-electron chi connectivity index (χ2n) is 6.43. The van der Waals surface area contributed by atoms with Gasteiger partial charge in [-0.1, -0.05) is 29.8 Å².